The number of hydrogen-bond acceptors (Lipinski definition) is 4. The minimum atomic E-state index is -0.449. The second-order valence-corrected chi connectivity index (χ2v) is 14.5. The number of Topliss-reactive ketones (excluding diaryl/α,β-unsaturated/α-hetero) is 2. The smallest absolute Gasteiger partial charge is 0.288 e. The fourth-order valence-electron chi connectivity index (χ4n) is 11.2. The molecule has 2 unspecified atom stereocenters. The summed E-state index contributed by atoms with van der Waals surface area (Å²) in [7, 11) is 0. The summed E-state index contributed by atoms with van der Waals surface area (Å²) < 4.78 is 0. The molecule has 9 aliphatic carbocycles. The molecule has 8 bridgehead atoms. The molecule has 6 nitrogen and oxygen atoms in total. The minimum Gasteiger partial charge on any atom is -0.345 e. The van der Waals surface area contributed by atoms with Gasteiger partial charge in [0.25, 0.3) is 11.8 Å². The first-order valence-electron chi connectivity index (χ1n) is 15.0. The van der Waals surface area contributed by atoms with Crippen molar-refractivity contribution < 1.29 is 19.2 Å². The van der Waals surface area contributed by atoms with Crippen molar-refractivity contribution in [2.45, 2.75) is 115 Å². The Morgan fingerprint density at radius 1 is 0.472 bits per heavy atom. The summed E-state index contributed by atoms with van der Waals surface area (Å²) in [6, 6.07) is -0.533. The summed E-state index contributed by atoms with van der Waals surface area (Å²) in [6.45, 7) is 0. The van der Waals surface area contributed by atoms with Crippen LogP contribution in [-0.4, -0.2) is 35.5 Å². The number of rotatable bonds is 6. The Kier molecular flexibility index (Phi) is 5.46. The highest BCUT2D eigenvalue weighted by Gasteiger charge is 2.57. The van der Waals surface area contributed by atoms with Gasteiger partial charge in [0, 0.05) is 22.9 Å². The second-order valence-electron chi connectivity index (χ2n) is 14.5. The predicted octanol–water partition coefficient (Wildman–Crippen LogP) is 4.10. The van der Waals surface area contributed by atoms with Crippen LogP contribution in [0, 0.1) is 46.3 Å². The normalized spacial score (nSPS) is 48.0. The van der Waals surface area contributed by atoms with Crippen molar-refractivity contribution in [2.24, 2.45) is 46.3 Å². The molecule has 0 aromatic rings. The molecule has 2 amide bonds. The Labute approximate surface area is 214 Å². The van der Waals surface area contributed by atoms with E-state index < -0.39 is 22.6 Å². The first-order chi connectivity index (χ1) is 17.3. The van der Waals surface area contributed by atoms with E-state index in [1.807, 2.05) is 0 Å². The van der Waals surface area contributed by atoms with Gasteiger partial charge < -0.3 is 10.6 Å². The van der Waals surface area contributed by atoms with Gasteiger partial charge in [-0.1, -0.05) is 12.8 Å². The van der Waals surface area contributed by atoms with Crippen LogP contribution < -0.4 is 10.6 Å². The maximum absolute atomic E-state index is 13.5. The molecular weight excluding hydrogens is 452 g/mol. The zero-order chi connectivity index (χ0) is 24.7. The summed E-state index contributed by atoms with van der Waals surface area (Å²) in [4.78, 5) is 53.6. The van der Waals surface area contributed by atoms with Crippen LogP contribution in [0.1, 0.15) is 103 Å². The van der Waals surface area contributed by atoms with Crippen molar-refractivity contribution in [3.8, 4) is 0 Å². The maximum Gasteiger partial charge on any atom is 0.288 e. The highest BCUT2D eigenvalue weighted by Crippen LogP contribution is 2.61. The largest absolute Gasteiger partial charge is 0.345 e. The quantitative estimate of drug-likeness (QED) is 0.544. The van der Waals surface area contributed by atoms with Crippen LogP contribution in [0.15, 0.2) is 0 Å². The zero-order valence-corrected chi connectivity index (χ0v) is 21.6. The van der Waals surface area contributed by atoms with Crippen LogP contribution in [-0.2, 0) is 19.2 Å². The lowest BCUT2D eigenvalue weighted by atomic mass is 9.48. The van der Waals surface area contributed by atoms with E-state index in [9.17, 15) is 19.2 Å². The standard InChI is InChI=1S/C30H42N2O4/c33-25(29-11-17-5-18(12-29)7-19(6-17)13-29)27(35)31-23-3-1-2-4-24(23)32-28(36)26(34)30-14-20-8-21(15-30)10-22(9-20)16-30/h17-24H,1-16H2,(H,31,35)(H,32,36). The highest BCUT2D eigenvalue weighted by molar-refractivity contribution is 6.39. The molecule has 2 atom stereocenters. The first kappa shape index (κ1) is 23.4. The first-order valence-corrected chi connectivity index (χ1v) is 15.0. The molecule has 9 aliphatic rings. The van der Waals surface area contributed by atoms with Crippen molar-refractivity contribution in [1.82, 2.24) is 10.6 Å². The molecule has 2 N–H and O–H groups in total. The van der Waals surface area contributed by atoms with E-state index in [1.54, 1.807) is 0 Å². The van der Waals surface area contributed by atoms with E-state index in [0.29, 0.717) is 35.5 Å². The van der Waals surface area contributed by atoms with E-state index >= 15 is 0 Å². The third-order valence-electron chi connectivity index (χ3n) is 11.9. The zero-order valence-electron chi connectivity index (χ0n) is 21.6. The van der Waals surface area contributed by atoms with Crippen LogP contribution >= 0.6 is 0 Å². The molecule has 6 heteroatoms. The Morgan fingerprint density at radius 3 is 1.03 bits per heavy atom. The summed E-state index contributed by atoms with van der Waals surface area (Å²) in [6.07, 6.45) is 16.2. The van der Waals surface area contributed by atoms with Crippen LogP contribution in [0.2, 0.25) is 0 Å². The van der Waals surface area contributed by atoms with Crippen LogP contribution in [0.4, 0.5) is 0 Å². The molecule has 0 radical (unpaired) electrons. The Balaban J connectivity index is 1.01. The number of amides is 2. The van der Waals surface area contributed by atoms with Gasteiger partial charge in [-0.3, -0.25) is 19.2 Å². The van der Waals surface area contributed by atoms with E-state index in [1.165, 1.54) is 38.5 Å². The van der Waals surface area contributed by atoms with Gasteiger partial charge in [0.15, 0.2) is 0 Å². The number of hydrogen-bond donors (Lipinski definition) is 2. The van der Waals surface area contributed by atoms with Gasteiger partial charge in [0.1, 0.15) is 0 Å². The summed E-state index contributed by atoms with van der Waals surface area (Å²) in [5.41, 5.74) is -0.887. The SMILES string of the molecule is O=C(NC1CCCCC1NC(=O)C(=O)C12CC3CC(CC(C3)C1)C2)C(=O)C12CC3CC(CC(C3)C1)C2. The van der Waals surface area contributed by atoms with Crippen molar-refractivity contribution in [3.05, 3.63) is 0 Å². The molecular formula is C30H42N2O4. The summed E-state index contributed by atoms with van der Waals surface area (Å²) >= 11 is 0. The minimum absolute atomic E-state index is 0.207. The maximum atomic E-state index is 13.5. The Morgan fingerprint density at radius 2 is 0.750 bits per heavy atom. The number of carbonyl (C=O) groups excluding carboxylic acids is 4. The molecule has 0 aliphatic heterocycles. The van der Waals surface area contributed by atoms with Crippen LogP contribution in [0.3, 0.4) is 0 Å². The molecule has 9 rings (SSSR count). The molecule has 0 aromatic carbocycles. The average Bonchev–Trinajstić information content (AvgIpc) is 2.82. The van der Waals surface area contributed by atoms with E-state index in [0.717, 1.165) is 64.2 Å². The number of nitrogens with one attached hydrogen (secondary N) is 2. The third kappa shape index (κ3) is 3.79. The van der Waals surface area contributed by atoms with E-state index in [4.69, 9.17) is 0 Å². The van der Waals surface area contributed by atoms with E-state index in [2.05, 4.69) is 10.6 Å². The van der Waals surface area contributed by atoms with Gasteiger partial charge in [-0.15, -0.1) is 0 Å². The van der Waals surface area contributed by atoms with Gasteiger partial charge in [0.2, 0.25) is 11.6 Å². The highest BCUT2D eigenvalue weighted by atomic mass is 16.2. The third-order valence-corrected chi connectivity index (χ3v) is 11.9. The lowest BCUT2D eigenvalue weighted by Gasteiger charge is -2.55. The summed E-state index contributed by atoms with van der Waals surface area (Å²) in [5, 5.41) is 6.12. The van der Waals surface area contributed by atoms with Crippen LogP contribution in [0.5, 0.6) is 0 Å². The molecule has 0 aromatic heterocycles. The lowest BCUT2D eigenvalue weighted by Crippen LogP contribution is -2.60. The van der Waals surface area contributed by atoms with Gasteiger partial charge in [-0.25, -0.2) is 0 Å². The molecule has 0 spiro atoms. The molecule has 9 fully saturated rings. The molecule has 36 heavy (non-hydrogen) atoms. The van der Waals surface area contributed by atoms with Crippen molar-refractivity contribution in [1.29, 1.82) is 0 Å². The Bertz CT molecular complexity index is 837. The van der Waals surface area contributed by atoms with Crippen molar-refractivity contribution >= 4 is 23.4 Å². The molecule has 9 saturated carbocycles. The lowest BCUT2D eigenvalue weighted by molar-refractivity contribution is -0.155. The average molecular weight is 495 g/mol. The topological polar surface area (TPSA) is 92.3 Å². The predicted molar refractivity (Wildman–Crippen MR) is 134 cm³/mol. The van der Waals surface area contributed by atoms with Crippen LogP contribution in [0.25, 0.3) is 0 Å². The molecule has 196 valence electrons. The fraction of sp³-hybridized carbons (Fsp3) is 0.867. The van der Waals surface area contributed by atoms with Gasteiger partial charge >= 0.3 is 0 Å². The Hall–Kier alpha value is -1.72. The van der Waals surface area contributed by atoms with Crippen molar-refractivity contribution in [3.63, 3.8) is 0 Å². The van der Waals surface area contributed by atoms with E-state index in [-0.39, 0.29) is 23.7 Å². The van der Waals surface area contributed by atoms with Gasteiger partial charge in [0.05, 0.1) is 0 Å². The molecule has 0 saturated heterocycles. The molecule has 0 heterocycles. The van der Waals surface area contributed by atoms with Crippen molar-refractivity contribution in [2.75, 3.05) is 0 Å². The number of carbonyl (C=O) groups is 4. The summed E-state index contributed by atoms with van der Waals surface area (Å²) in [5.74, 6) is 2.39. The number of ketones is 2. The van der Waals surface area contributed by atoms with Gasteiger partial charge in [-0.2, -0.15) is 0 Å². The monoisotopic (exact) mass is 494 g/mol. The second kappa shape index (κ2) is 8.39. The van der Waals surface area contributed by atoms with Gasteiger partial charge in [-0.05, 0) is 125 Å². The fourth-order valence-corrected chi connectivity index (χ4v) is 11.2.